The van der Waals surface area contributed by atoms with Crippen LogP contribution < -0.4 is 11.1 Å². The lowest BCUT2D eigenvalue weighted by molar-refractivity contribution is -0.117. The van der Waals surface area contributed by atoms with E-state index in [9.17, 15) is 4.79 Å². The monoisotopic (exact) mass is 263 g/mol. The van der Waals surface area contributed by atoms with Crippen LogP contribution in [0.1, 0.15) is 13.3 Å². The zero-order valence-electron chi connectivity index (χ0n) is 11.3. The summed E-state index contributed by atoms with van der Waals surface area (Å²) in [6.07, 6.45) is 0.485. The third-order valence-electron chi connectivity index (χ3n) is 3.30. The zero-order valence-corrected chi connectivity index (χ0v) is 11.3. The molecule has 5 nitrogen and oxygen atoms in total. The molecule has 1 fully saturated rings. The van der Waals surface area contributed by atoms with Crippen LogP contribution in [0.5, 0.6) is 0 Å². The lowest BCUT2D eigenvalue weighted by Crippen LogP contribution is -2.44. The van der Waals surface area contributed by atoms with Gasteiger partial charge in [0.1, 0.15) is 0 Å². The maximum Gasteiger partial charge on any atom is 0.225 e. The number of carbonyl (C=O) groups excluding carboxylic acids is 1. The van der Waals surface area contributed by atoms with Crippen LogP contribution in [0.2, 0.25) is 0 Å². The van der Waals surface area contributed by atoms with E-state index in [1.54, 1.807) is 12.1 Å². The van der Waals surface area contributed by atoms with Crippen molar-refractivity contribution < 1.29 is 9.53 Å². The number of anilines is 2. The van der Waals surface area contributed by atoms with Crippen molar-refractivity contribution in [2.24, 2.45) is 0 Å². The minimum atomic E-state index is 0.0179. The first-order valence-corrected chi connectivity index (χ1v) is 6.62. The molecular weight excluding hydrogens is 242 g/mol. The van der Waals surface area contributed by atoms with Crippen LogP contribution in [0, 0.1) is 0 Å². The van der Waals surface area contributed by atoms with Crippen LogP contribution in [-0.2, 0) is 9.53 Å². The molecule has 1 aromatic carbocycles. The number of ether oxygens (including phenoxy) is 1. The van der Waals surface area contributed by atoms with Gasteiger partial charge in [0.25, 0.3) is 0 Å². The number of amides is 1. The van der Waals surface area contributed by atoms with Crippen molar-refractivity contribution in [3.8, 4) is 0 Å². The number of nitrogens with one attached hydrogen (secondary N) is 1. The summed E-state index contributed by atoms with van der Waals surface area (Å²) in [6, 6.07) is 7.61. The molecule has 1 aromatic rings. The molecule has 1 amide bonds. The minimum absolute atomic E-state index is 0.0179. The Kier molecular flexibility index (Phi) is 4.76. The lowest BCUT2D eigenvalue weighted by atomic mass is 10.2. The topological polar surface area (TPSA) is 67.6 Å². The second kappa shape index (κ2) is 6.54. The molecule has 1 atom stereocenters. The Labute approximate surface area is 113 Å². The molecule has 0 aromatic heterocycles. The minimum Gasteiger partial charge on any atom is -0.399 e. The van der Waals surface area contributed by atoms with Crippen LogP contribution in [-0.4, -0.2) is 43.2 Å². The van der Waals surface area contributed by atoms with Crippen LogP contribution >= 0.6 is 0 Å². The predicted molar refractivity (Wildman–Crippen MR) is 76.0 cm³/mol. The predicted octanol–water partition coefficient (Wildman–Crippen LogP) is 1.32. The van der Waals surface area contributed by atoms with Gasteiger partial charge in [0.2, 0.25) is 5.91 Å². The Morgan fingerprint density at radius 3 is 3.16 bits per heavy atom. The summed E-state index contributed by atoms with van der Waals surface area (Å²) >= 11 is 0. The third-order valence-corrected chi connectivity index (χ3v) is 3.30. The Balaban J connectivity index is 1.78. The van der Waals surface area contributed by atoms with E-state index in [1.165, 1.54) is 0 Å². The maximum absolute atomic E-state index is 11.9. The molecule has 0 saturated carbocycles. The molecule has 0 bridgehead atoms. The molecule has 1 saturated heterocycles. The van der Waals surface area contributed by atoms with E-state index < -0.39 is 0 Å². The van der Waals surface area contributed by atoms with E-state index in [0.717, 1.165) is 32.0 Å². The fourth-order valence-corrected chi connectivity index (χ4v) is 2.18. The zero-order chi connectivity index (χ0) is 13.7. The summed E-state index contributed by atoms with van der Waals surface area (Å²) in [5.41, 5.74) is 7.07. The number of morpholine rings is 1. The van der Waals surface area contributed by atoms with Gasteiger partial charge < -0.3 is 15.8 Å². The third kappa shape index (κ3) is 4.22. The van der Waals surface area contributed by atoms with E-state index in [1.807, 2.05) is 12.1 Å². The van der Waals surface area contributed by atoms with Crippen LogP contribution in [0.15, 0.2) is 24.3 Å². The molecule has 1 heterocycles. The fraction of sp³-hybridized carbons (Fsp3) is 0.500. The molecule has 0 radical (unpaired) electrons. The van der Waals surface area contributed by atoms with Gasteiger partial charge in [-0.05, 0) is 25.1 Å². The summed E-state index contributed by atoms with van der Waals surface area (Å²) in [6.45, 7) is 5.28. The number of nitrogens with two attached hydrogens (primary N) is 1. The van der Waals surface area contributed by atoms with E-state index in [-0.39, 0.29) is 5.91 Å². The van der Waals surface area contributed by atoms with Crippen molar-refractivity contribution in [3.63, 3.8) is 0 Å². The molecule has 0 aliphatic carbocycles. The van der Waals surface area contributed by atoms with Crippen molar-refractivity contribution >= 4 is 17.3 Å². The van der Waals surface area contributed by atoms with E-state index in [4.69, 9.17) is 10.5 Å². The summed E-state index contributed by atoms with van der Waals surface area (Å²) in [4.78, 5) is 14.1. The van der Waals surface area contributed by atoms with Crippen molar-refractivity contribution in [2.75, 3.05) is 37.4 Å². The summed E-state index contributed by atoms with van der Waals surface area (Å²) < 4.78 is 5.37. The van der Waals surface area contributed by atoms with Gasteiger partial charge in [0.05, 0.1) is 13.2 Å². The number of nitrogens with zero attached hydrogens (tertiary/aromatic N) is 1. The smallest absolute Gasteiger partial charge is 0.225 e. The number of rotatable bonds is 4. The molecule has 1 aliphatic rings. The quantitative estimate of drug-likeness (QED) is 0.804. The molecule has 0 spiro atoms. The highest BCUT2D eigenvalue weighted by molar-refractivity contribution is 5.91. The molecule has 2 rings (SSSR count). The molecule has 19 heavy (non-hydrogen) atoms. The maximum atomic E-state index is 11.9. The second-order valence-electron chi connectivity index (χ2n) is 4.88. The molecule has 1 aliphatic heterocycles. The highest BCUT2D eigenvalue weighted by Gasteiger charge is 2.19. The normalized spacial score (nSPS) is 20.2. The van der Waals surface area contributed by atoms with Crippen LogP contribution in [0.25, 0.3) is 0 Å². The molecule has 1 unspecified atom stereocenters. The highest BCUT2D eigenvalue weighted by atomic mass is 16.5. The average molecular weight is 263 g/mol. The molecule has 104 valence electrons. The number of benzene rings is 1. The van der Waals surface area contributed by atoms with Crippen LogP contribution in [0.3, 0.4) is 0 Å². The first kappa shape index (κ1) is 13.8. The van der Waals surface area contributed by atoms with Crippen LogP contribution in [0.4, 0.5) is 11.4 Å². The summed E-state index contributed by atoms with van der Waals surface area (Å²) in [5.74, 6) is 0.0179. The van der Waals surface area contributed by atoms with E-state index >= 15 is 0 Å². The van der Waals surface area contributed by atoms with Crippen molar-refractivity contribution in [1.29, 1.82) is 0 Å². The number of hydrogen-bond acceptors (Lipinski definition) is 4. The Bertz CT molecular complexity index is 436. The molecular formula is C14H21N3O2. The van der Waals surface area contributed by atoms with Gasteiger partial charge in [-0.2, -0.15) is 0 Å². The molecule has 3 N–H and O–H groups in total. The Hall–Kier alpha value is -1.59. The highest BCUT2D eigenvalue weighted by Crippen LogP contribution is 2.12. The standard InChI is InChI=1S/C14H21N3O2/c1-11-10-19-8-7-17(11)6-5-14(18)16-13-4-2-3-12(15)9-13/h2-4,9,11H,5-8,10,15H2,1H3,(H,16,18). The summed E-state index contributed by atoms with van der Waals surface area (Å²) in [7, 11) is 0. The van der Waals surface area contributed by atoms with Crippen molar-refractivity contribution in [2.45, 2.75) is 19.4 Å². The SMILES string of the molecule is CC1COCCN1CCC(=O)Nc1cccc(N)c1. The average Bonchev–Trinajstić information content (AvgIpc) is 2.38. The first-order chi connectivity index (χ1) is 9.15. The Morgan fingerprint density at radius 1 is 1.58 bits per heavy atom. The Morgan fingerprint density at radius 2 is 2.42 bits per heavy atom. The van der Waals surface area contributed by atoms with Gasteiger partial charge in [0, 0.05) is 36.9 Å². The van der Waals surface area contributed by atoms with Gasteiger partial charge >= 0.3 is 0 Å². The van der Waals surface area contributed by atoms with Gasteiger partial charge in [0.15, 0.2) is 0 Å². The van der Waals surface area contributed by atoms with Gasteiger partial charge in [-0.15, -0.1) is 0 Å². The van der Waals surface area contributed by atoms with E-state index in [0.29, 0.717) is 18.2 Å². The summed E-state index contributed by atoms with van der Waals surface area (Å²) in [5, 5.41) is 2.86. The fourth-order valence-electron chi connectivity index (χ4n) is 2.18. The first-order valence-electron chi connectivity index (χ1n) is 6.62. The van der Waals surface area contributed by atoms with E-state index in [2.05, 4.69) is 17.1 Å². The van der Waals surface area contributed by atoms with Crippen molar-refractivity contribution in [3.05, 3.63) is 24.3 Å². The number of carbonyl (C=O) groups is 1. The molecule has 5 heteroatoms. The lowest BCUT2D eigenvalue weighted by Gasteiger charge is -2.32. The van der Waals surface area contributed by atoms with Crippen molar-refractivity contribution in [1.82, 2.24) is 4.90 Å². The van der Waals surface area contributed by atoms with Gasteiger partial charge in [-0.1, -0.05) is 6.07 Å². The van der Waals surface area contributed by atoms with Gasteiger partial charge in [-0.25, -0.2) is 0 Å². The second-order valence-corrected chi connectivity index (χ2v) is 4.88. The number of nitrogen functional groups attached to an aromatic ring is 1. The number of hydrogen-bond donors (Lipinski definition) is 2. The largest absolute Gasteiger partial charge is 0.399 e. The van der Waals surface area contributed by atoms with Gasteiger partial charge in [-0.3, -0.25) is 9.69 Å².